The summed E-state index contributed by atoms with van der Waals surface area (Å²) in [6.45, 7) is 8.09. The van der Waals surface area contributed by atoms with Crippen LogP contribution in [0.25, 0.3) is 0 Å². The lowest BCUT2D eigenvalue weighted by molar-refractivity contribution is -0.133. The van der Waals surface area contributed by atoms with E-state index in [2.05, 4.69) is 5.32 Å². The Hall–Kier alpha value is -4.47. The molecule has 39 heavy (non-hydrogen) atoms. The molecular weight excluding hydrogens is 502 g/mol. The Kier molecular flexibility index (Phi) is 8.75. The molecule has 0 bridgehead atoms. The lowest BCUT2D eigenvalue weighted by Crippen LogP contribution is -2.47. The van der Waals surface area contributed by atoms with E-state index < -0.39 is 12.0 Å². The standard InChI is InChI=1S/C29H33N3O7/c1-5-36-28(34)22-8-10-23(11-9-22)30-29(35)32(19(2)3)17-27(33)31(16-24-12-6-20(4)39-24)15-21-7-13-25-26(14-21)38-18-37-25/h6-14,19H,5,15-18H2,1-4H3,(H,30,35). The van der Waals surface area contributed by atoms with E-state index in [1.165, 1.54) is 4.90 Å². The second kappa shape index (κ2) is 12.4. The average Bonchev–Trinajstić information content (AvgIpc) is 3.55. The molecule has 1 aromatic heterocycles. The van der Waals surface area contributed by atoms with Crippen LogP contribution in [0.1, 0.15) is 48.2 Å². The van der Waals surface area contributed by atoms with Crippen molar-refractivity contribution in [2.45, 2.75) is 46.8 Å². The molecule has 1 N–H and O–H groups in total. The number of fused-ring (bicyclic) bond motifs is 1. The summed E-state index contributed by atoms with van der Waals surface area (Å²) in [5, 5.41) is 2.81. The molecule has 2 aromatic carbocycles. The molecule has 1 aliphatic rings. The number of urea groups is 1. The van der Waals surface area contributed by atoms with Gasteiger partial charge in [0.15, 0.2) is 11.5 Å². The number of furan rings is 1. The Morgan fingerprint density at radius 1 is 0.974 bits per heavy atom. The third-order valence-corrected chi connectivity index (χ3v) is 6.14. The van der Waals surface area contributed by atoms with E-state index in [9.17, 15) is 14.4 Å². The Morgan fingerprint density at radius 3 is 2.38 bits per heavy atom. The number of nitrogens with one attached hydrogen (secondary N) is 1. The smallest absolute Gasteiger partial charge is 0.338 e. The highest BCUT2D eigenvalue weighted by molar-refractivity contribution is 5.94. The van der Waals surface area contributed by atoms with Crippen LogP contribution < -0.4 is 14.8 Å². The second-order valence-corrected chi connectivity index (χ2v) is 9.40. The quantitative estimate of drug-likeness (QED) is 0.365. The molecule has 10 nitrogen and oxygen atoms in total. The highest BCUT2D eigenvalue weighted by Crippen LogP contribution is 2.33. The Morgan fingerprint density at radius 2 is 1.72 bits per heavy atom. The zero-order chi connectivity index (χ0) is 27.9. The van der Waals surface area contributed by atoms with Crippen LogP contribution in [0.5, 0.6) is 11.5 Å². The first kappa shape index (κ1) is 27.6. The molecular formula is C29H33N3O7. The molecule has 0 saturated carbocycles. The van der Waals surface area contributed by atoms with Gasteiger partial charge in [-0.25, -0.2) is 9.59 Å². The van der Waals surface area contributed by atoms with Crippen molar-refractivity contribution in [1.29, 1.82) is 0 Å². The van der Waals surface area contributed by atoms with E-state index in [-0.39, 0.29) is 45.0 Å². The summed E-state index contributed by atoms with van der Waals surface area (Å²) in [6, 6.07) is 14.9. The van der Waals surface area contributed by atoms with E-state index >= 15 is 0 Å². The fraction of sp³-hybridized carbons (Fsp3) is 0.345. The highest BCUT2D eigenvalue weighted by Gasteiger charge is 2.25. The summed E-state index contributed by atoms with van der Waals surface area (Å²) in [6.07, 6.45) is 0. The van der Waals surface area contributed by atoms with Crippen LogP contribution in [0.2, 0.25) is 0 Å². The van der Waals surface area contributed by atoms with Crippen molar-refractivity contribution < 1.29 is 33.0 Å². The van der Waals surface area contributed by atoms with Crippen molar-refractivity contribution in [2.75, 3.05) is 25.3 Å². The monoisotopic (exact) mass is 535 g/mol. The Bertz CT molecular complexity index is 1320. The first-order chi connectivity index (χ1) is 18.7. The predicted molar refractivity (Wildman–Crippen MR) is 144 cm³/mol. The number of carbonyl (C=O) groups is 3. The van der Waals surface area contributed by atoms with Crippen LogP contribution in [-0.2, 0) is 22.6 Å². The average molecular weight is 536 g/mol. The Balaban J connectivity index is 1.47. The van der Waals surface area contributed by atoms with Gasteiger partial charge in [-0.15, -0.1) is 0 Å². The molecule has 0 radical (unpaired) electrons. The van der Waals surface area contributed by atoms with Crippen LogP contribution >= 0.6 is 0 Å². The molecule has 1 aliphatic heterocycles. The zero-order valence-electron chi connectivity index (χ0n) is 22.6. The van der Waals surface area contributed by atoms with Crippen molar-refractivity contribution in [1.82, 2.24) is 9.80 Å². The number of esters is 1. The minimum Gasteiger partial charge on any atom is -0.464 e. The molecule has 0 saturated heterocycles. The van der Waals surface area contributed by atoms with Gasteiger partial charge >= 0.3 is 12.0 Å². The topological polar surface area (TPSA) is 111 Å². The van der Waals surface area contributed by atoms with Gasteiger partial charge < -0.3 is 33.7 Å². The maximum atomic E-state index is 13.6. The number of amides is 3. The largest absolute Gasteiger partial charge is 0.464 e. The Labute approximate surface area is 227 Å². The number of nitrogens with zero attached hydrogens (tertiary/aromatic N) is 2. The number of aryl methyl sites for hydroxylation is 1. The van der Waals surface area contributed by atoms with Gasteiger partial charge in [0.2, 0.25) is 12.7 Å². The first-order valence-corrected chi connectivity index (χ1v) is 12.8. The number of hydrogen-bond donors (Lipinski definition) is 1. The molecule has 10 heteroatoms. The number of anilines is 1. The summed E-state index contributed by atoms with van der Waals surface area (Å²) in [4.78, 5) is 41.8. The van der Waals surface area contributed by atoms with Crippen molar-refractivity contribution in [2.24, 2.45) is 0 Å². The van der Waals surface area contributed by atoms with Gasteiger partial charge in [0.05, 0.1) is 18.7 Å². The minimum atomic E-state index is -0.431. The van der Waals surface area contributed by atoms with Gasteiger partial charge in [-0.2, -0.15) is 0 Å². The van der Waals surface area contributed by atoms with Gasteiger partial charge in [-0.05, 0) is 81.8 Å². The molecule has 3 aromatic rings. The molecule has 0 fully saturated rings. The van der Waals surface area contributed by atoms with E-state index in [0.29, 0.717) is 28.5 Å². The maximum Gasteiger partial charge on any atom is 0.338 e. The number of benzene rings is 2. The fourth-order valence-electron chi connectivity index (χ4n) is 4.08. The maximum absolute atomic E-state index is 13.6. The summed E-state index contributed by atoms with van der Waals surface area (Å²) in [5.74, 6) is 2.01. The van der Waals surface area contributed by atoms with E-state index in [1.807, 2.05) is 51.1 Å². The zero-order valence-corrected chi connectivity index (χ0v) is 22.6. The van der Waals surface area contributed by atoms with Gasteiger partial charge in [0, 0.05) is 18.3 Å². The summed E-state index contributed by atoms with van der Waals surface area (Å²) in [5.41, 5.74) is 1.74. The molecule has 2 heterocycles. The first-order valence-electron chi connectivity index (χ1n) is 12.8. The van der Waals surface area contributed by atoms with Crippen LogP contribution in [0.3, 0.4) is 0 Å². The molecule has 0 spiro atoms. The molecule has 0 aliphatic carbocycles. The van der Waals surface area contributed by atoms with Gasteiger partial charge in [0.1, 0.15) is 18.1 Å². The molecule has 4 rings (SSSR count). The summed E-state index contributed by atoms with van der Waals surface area (Å²) < 4.78 is 21.6. The van der Waals surface area contributed by atoms with E-state index in [0.717, 1.165) is 11.3 Å². The fourth-order valence-corrected chi connectivity index (χ4v) is 4.08. The number of carbonyl (C=O) groups excluding carboxylic acids is 3. The molecule has 0 unspecified atom stereocenters. The molecule has 3 amide bonds. The highest BCUT2D eigenvalue weighted by atomic mass is 16.7. The normalized spacial score (nSPS) is 11.8. The van der Waals surface area contributed by atoms with Crippen molar-refractivity contribution >= 4 is 23.6 Å². The van der Waals surface area contributed by atoms with Crippen molar-refractivity contribution in [3.8, 4) is 11.5 Å². The third-order valence-electron chi connectivity index (χ3n) is 6.14. The van der Waals surface area contributed by atoms with Crippen LogP contribution in [0.4, 0.5) is 10.5 Å². The predicted octanol–water partition coefficient (Wildman–Crippen LogP) is 4.96. The van der Waals surface area contributed by atoms with Gasteiger partial charge in [-0.1, -0.05) is 6.07 Å². The van der Waals surface area contributed by atoms with Crippen LogP contribution in [-0.4, -0.2) is 53.7 Å². The second-order valence-electron chi connectivity index (χ2n) is 9.40. The molecule has 0 atom stereocenters. The number of rotatable bonds is 10. The van der Waals surface area contributed by atoms with Gasteiger partial charge in [0.25, 0.3) is 0 Å². The van der Waals surface area contributed by atoms with Crippen LogP contribution in [0, 0.1) is 6.92 Å². The SMILES string of the molecule is CCOC(=O)c1ccc(NC(=O)N(CC(=O)N(Cc2ccc3c(c2)OCO3)Cc2ccc(C)o2)C(C)C)cc1. The minimum absolute atomic E-state index is 0.144. The lowest BCUT2D eigenvalue weighted by atomic mass is 10.1. The lowest BCUT2D eigenvalue weighted by Gasteiger charge is -2.30. The van der Waals surface area contributed by atoms with E-state index in [4.69, 9.17) is 18.6 Å². The number of ether oxygens (including phenoxy) is 3. The van der Waals surface area contributed by atoms with Crippen molar-refractivity contribution in [3.05, 3.63) is 77.2 Å². The summed E-state index contributed by atoms with van der Waals surface area (Å²) in [7, 11) is 0. The number of hydrogen-bond acceptors (Lipinski definition) is 7. The van der Waals surface area contributed by atoms with E-state index in [1.54, 1.807) is 36.1 Å². The summed E-state index contributed by atoms with van der Waals surface area (Å²) >= 11 is 0. The van der Waals surface area contributed by atoms with Crippen LogP contribution in [0.15, 0.2) is 59.0 Å². The van der Waals surface area contributed by atoms with Gasteiger partial charge in [-0.3, -0.25) is 4.79 Å². The third kappa shape index (κ3) is 7.10. The van der Waals surface area contributed by atoms with Crippen molar-refractivity contribution in [3.63, 3.8) is 0 Å². The molecule has 206 valence electrons.